The number of hydrogen-bond donors (Lipinski definition) is 2. The fourth-order valence-corrected chi connectivity index (χ4v) is 5.98. The molecular weight excluding hydrogens is 968 g/mol. The first-order valence-corrected chi connectivity index (χ1v) is 19.5. The largest absolute Gasteiger partial charge is 1.00 e. The summed E-state index contributed by atoms with van der Waals surface area (Å²) < 4.78 is 27.7. The third kappa shape index (κ3) is 35.7. The smallest absolute Gasteiger partial charge is 1.00 e. The molecule has 4 aromatic carbocycles. The van der Waals surface area contributed by atoms with E-state index in [4.69, 9.17) is 27.8 Å². The van der Waals surface area contributed by atoms with Gasteiger partial charge in [0.1, 0.15) is 0 Å². The molecule has 0 spiro atoms. The van der Waals surface area contributed by atoms with Crippen LogP contribution in [0, 0.1) is 47.9 Å². The minimum atomic E-state index is -2.35. The third-order valence-electron chi connectivity index (χ3n) is 6.81. The van der Waals surface area contributed by atoms with Crippen molar-refractivity contribution < 1.29 is 119 Å². The fraction of sp³-hybridized carbons (Fsp3) is 0.310. The maximum absolute atomic E-state index is 10.6. The summed E-state index contributed by atoms with van der Waals surface area (Å²) in [5, 5.41) is 28.3. The molecular formula is C42H59BBrClF3KN3NaO7S2. The van der Waals surface area contributed by atoms with E-state index >= 15 is 0 Å². The Morgan fingerprint density at radius 1 is 0.855 bits per heavy atom. The number of halogens is 5. The van der Waals surface area contributed by atoms with Crippen molar-refractivity contribution in [2.75, 3.05) is 18.9 Å². The molecule has 0 aromatic heterocycles. The van der Waals surface area contributed by atoms with Gasteiger partial charge in [0.15, 0.2) is 0 Å². The van der Waals surface area contributed by atoms with Gasteiger partial charge in [0.2, 0.25) is 4.38 Å². The number of ether oxygens (including phenoxy) is 1. The zero-order valence-corrected chi connectivity index (χ0v) is 45.7. The van der Waals surface area contributed by atoms with Crippen molar-refractivity contribution in [3.8, 4) is 0 Å². The summed E-state index contributed by atoms with van der Waals surface area (Å²) in [4.78, 5) is 21.1. The quantitative estimate of drug-likeness (QED) is 0.0646. The zero-order valence-electron chi connectivity index (χ0n) is 36.5. The average Bonchev–Trinajstić information content (AvgIpc) is 3.14. The molecule has 10 nitrogen and oxygen atoms in total. The first kappa shape index (κ1) is 77.6. The molecule has 0 aliphatic carbocycles. The molecule has 0 aliphatic heterocycles. The molecule has 4 N–H and O–H groups in total. The van der Waals surface area contributed by atoms with E-state index in [1.54, 1.807) is 31.2 Å². The van der Waals surface area contributed by atoms with Crippen LogP contribution in [0.3, 0.4) is 0 Å². The topological polar surface area (TPSA) is 172 Å². The van der Waals surface area contributed by atoms with Crippen molar-refractivity contribution in [3.05, 3.63) is 156 Å². The van der Waals surface area contributed by atoms with Gasteiger partial charge >= 0.3 is 88.2 Å². The molecule has 0 amide bonds. The van der Waals surface area contributed by atoms with E-state index in [1.165, 1.54) is 57.1 Å². The monoisotopic (exact) mass is 1030 g/mol. The van der Waals surface area contributed by atoms with Crippen molar-refractivity contribution in [1.29, 1.82) is 0 Å². The molecule has 0 bridgehead atoms. The molecule has 4 aromatic rings. The van der Waals surface area contributed by atoms with Gasteiger partial charge in [-0.3, -0.25) is 28.9 Å². The van der Waals surface area contributed by atoms with Gasteiger partial charge < -0.3 is 25.8 Å². The Labute approximate surface area is 456 Å². The second kappa shape index (κ2) is 45.9. The van der Waals surface area contributed by atoms with Crippen molar-refractivity contribution >= 4 is 87.1 Å². The van der Waals surface area contributed by atoms with Crippen LogP contribution in [0.1, 0.15) is 74.1 Å². The van der Waals surface area contributed by atoms with Crippen molar-refractivity contribution in [3.63, 3.8) is 0 Å². The summed E-state index contributed by atoms with van der Waals surface area (Å²) in [6.45, 7) is 23.1. The van der Waals surface area contributed by atoms with E-state index in [0.29, 0.717) is 27.0 Å². The summed E-state index contributed by atoms with van der Waals surface area (Å²) in [7, 11) is -2.35. The van der Waals surface area contributed by atoms with Crippen molar-refractivity contribution in [2.45, 2.75) is 80.6 Å². The number of nitrogen functional groups attached to an aromatic ring is 1. The number of benzene rings is 4. The van der Waals surface area contributed by atoms with Gasteiger partial charge in [0.25, 0.3) is 11.4 Å². The van der Waals surface area contributed by atoms with Crippen LogP contribution in [0.2, 0.25) is 0 Å². The van der Waals surface area contributed by atoms with E-state index in [2.05, 4.69) is 81.0 Å². The number of aliphatic hydroxyl groups excluding tert-OH is 1. The second-order valence-corrected chi connectivity index (χ2v) is 13.9. The summed E-state index contributed by atoms with van der Waals surface area (Å²) in [5.41, 5.74) is 14.6. The number of rotatable bonds is 8. The van der Waals surface area contributed by atoms with Gasteiger partial charge in [-0.25, -0.2) is 0 Å². The first-order valence-electron chi connectivity index (χ1n) is 17.4. The molecule has 4 rings (SSSR count). The molecule has 62 heavy (non-hydrogen) atoms. The predicted molar refractivity (Wildman–Crippen MR) is 256 cm³/mol. The standard InChI is InChI=1S/C12H16OS2.C9H9NO2.C9H13N.C7H6BrNO2.C2H3BF2.C2H6O.CH4.ClH.FH.K.Na.H2O/c1-4-10-8-9(3)6-7-11(10)15-12(14)13-5-2;1-3-8-6-7(2)4-5-9(8)10(11)12;1-3-8-6-7(2)4-5-9(8)10;1-5-2-3-7(9(10)11)6(8)4-5;1-2-3(4)5;1-2-3;;;;;;/h6-8H,4-5H2,1-3H3;3-6H,1H2,2H3;4-6H,3,10H2,1-2H3;2-4H,1H3;2H,1H2;3H,2H2,1H3;1H4;2*1H;;;1H2/q;;;;;;;;;2*+1;/p-2. The minimum Gasteiger partial charge on any atom is -1.00 e. The molecule has 0 radical (unpaired) electrons. The first-order chi connectivity index (χ1) is 26.3. The van der Waals surface area contributed by atoms with Gasteiger partial charge in [-0.2, -0.15) is 0 Å². The second-order valence-electron chi connectivity index (χ2n) is 11.4. The van der Waals surface area contributed by atoms with Gasteiger partial charge in [0.05, 0.1) is 26.5 Å². The van der Waals surface area contributed by atoms with Crippen LogP contribution < -0.4 is 91.4 Å². The SMILES string of the molecule is C.C=CB(F)F.C=Cc1cc(C)ccc1[N+](=O)[O-].CCO.CCOC(=S)Sc1ccc(C)cc1CC.CCc1cc(C)ccc1N.Cc1ccc([N+](=O)[O-])c(Br)c1.Cl.[F-].[K+].[Na+].[OH-]. The Morgan fingerprint density at radius 3 is 1.61 bits per heavy atom. The fourth-order valence-electron chi connectivity index (χ4n) is 4.13. The minimum absolute atomic E-state index is 0. The summed E-state index contributed by atoms with van der Waals surface area (Å²) >= 11 is 9.76. The maximum Gasteiger partial charge on any atom is 1.00 e. The molecule has 0 fully saturated rings. The Morgan fingerprint density at radius 2 is 1.24 bits per heavy atom. The van der Waals surface area contributed by atoms with E-state index in [1.807, 2.05) is 32.9 Å². The molecule has 0 saturated carbocycles. The van der Waals surface area contributed by atoms with Crippen LogP contribution in [-0.2, 0) is 17.6 Å². The van der Waals surface area contributed by atoms with Crippen LogP contribution in [0.15, 0.2) is 101 Å². The van der Waals surface area contributed by atoms with E-state index in [0.717, 1.165) is 29.7 Å². The molecule has 0 aliphatic rings. The number of nitro groups is 2. The Kier molecular flexibility index (Phi) is 57.5. The number of nitrogens with two attached hydrogens (primary N) is 1. The number of nitro benzene ring substituents is 2. The van der Waals surface area contributed by atoms with Crippen LogP contribution in [0.25, 0.3) is 6.08 Å². The normalized spacial score (nSPS) is 8.39. The number of thiocarbonyl (C=S) groups is 1. The number of aliphatic hydroxyl groups is 1. The number of hydrogen-bond acceptors (Lipinski definition) is 10. The van der Waals surface area contributed by atoms with Crippen LogP contribution >= 0.6 is 52.3 Å². The Bertz CT molecular complexity index is 1880. The summed E-state index contributed by atoms with van der Waals surface area (Å²) in [6.07, 6.45) is 3.54. The summed E-state index contributed by atoms with van der Waals surface area (Å²) in [5.74, 6) is 0.583. The number of aryl methyl sites for hydroxylation is 6. The van der Waals surface area contributed by atoms with E-state index in [9.17, 15) is 28.9 Å². The van der Waals surface area contributed by atoms with E-state index < -0.39 is 17.1 Å². The predicted octanol–water partition coefficient (Wildman–Crippen LogP) is 4.35. The van der Waals surface area contributed by atoms with Gasteiger partial charge in [0, 0.05) is 29.3 Å². The van der Waals surface area contributed by atoms with Crippen LogP contribution in [-0.4, -0.2) is 45.3 Å². The number of nitrogens with zero attached hydrogens (tertiary/aromatic N) is 2. The Hall–Kier alpha value is -1.62. The van der Waals surface area contributed by atoms with Gasteiger partial charge in [-0.1, -0.05) is 93.0 Å². The molecule has 20 heteroatoms. The summed E-state index contributed by atoms with van der Waals surface area (Å²) in [6, 6.07) is 22.4. The Balaban J connectivity index is -0.0000000964. The molecule has 0 unspecified atom stereocenters. The van der Waals surface area contributed by atoms with E-state index in [-0.39, 0.29) is 129 Å². The van der Waals surface area contributed by atoms with Crippen LogP contribution in [0.4, 0.5) is 25.7 Å². The molecule has 0 atom stereocenters. The van der Waals surface area contributed by atoms with Crippen molar-refractivity contribution in [2.24, 2.45) is 0 Å². The maximum atomic E-state index is 10.6. The average molecular weight is 1030 g/mol. The molecule has 0 heterocycles. The van der Waals surface area contributed by atoms with Gasteiger partial charge in [-0.15, -0.1) is 19.0 Å². The number of anilines is 1. The van der Waals surface area contributed by atoms with Crippen LogP contribution in [0.5, 0.6) is 0 Å². The molecule has 0 saturated heterocycles. The molecule has 336 valence electrons. The zero-order chi connectivity index (χ0) is 43.4. The number of thioether (sulfide) groups is 1. The third-order valence-corrected chi connectivity index (χ3v) is 8.72. The van der Waals surface area contributed by atoms with Crippen molar-refractivity contribution in [1.82, 2.24) is 0 Å². The van der Waals surface area contributed by atoms with Gasteiger partial charge in [-0.05, 0) is 135 Å².